The predicted molar refractivity (Wildman–Crippen MR) is 57.2 cm³/mol. The van der Waals surface area contributed by atoms with Crippen LogP contribution in [0.5, 0.6) is 0 Å². The molecule has 2 N–H and O–H groups in total. The van der Waals surface area contributed by atoms with Crippen molar-refractivity contribution in [3.05, 3.63) is 35.9 Å². The number of aryl methyl sites for hydroxylation is 1. The van der Waals surface area contributed by atoms with Crippen molar-refractivity contribution in [3.8, 4) is 11.6 Å². The molecule has 0 spiro atoms. The molecule has 0 aliphatic heterocycles. The van der Waals surface area contributed by atoms with E-state index in [1.54, 1.807) is 6.26 Å². The van der Waals surface area contributed by atoms with Crippen LogP contribution in [0.2, 0.25) is 0 Å². The molecule has 2 aromatic heterocycles. The third-order valence-corrected chi connectivity index (χ3v) is 2.05. The van der Waals surface area contributed by atoms with E-state index in [0.29, 0.717) is 18.1 Å². The molecule has 78 valence electrons. The Hall–Kier alpha value is -1.68. The number of nitrogens with two attached hydrogens (primary N) is 1. The van der Waals surface area contributed by atoms with Gasteiger partial charge in [-0.15, -0.1) is 0 Å². The molecule has 0 fully saturated rings. The molecule has 2 aromatic rings. The largest absolute Gasteiger partial charge is 0.461 e. The summed E-state index contributed by atoms with van der Waals surface area (Å²) in [4.78, 5) is 8.69. The van der Waals surface area contributed by atoms with Gasteiger partial charge in [0.05, 0.1) is 6.26 Å². The number of rotatable bonds is 3. The monoisotopic (exact) mass is 203 g/mol. The van der Waals surface area contributed by atoms with Crippen LogP contribution in [0, 0.1) is 6.92 Å². The summed E-state index contributed by atoms with van der Waals surface area (Å²) in [6.07, 6.45) is 2.38. The van der Waals surface area contributed by atoms with E-state index in [1.165, 1.54) is 0 Å². The van der Waals surface area contributed by atoms with Crippen molar-refractivity contribution in [1.82, 2.24) is 9.97 Å². The first-order valence-electron chi connectivity index (χ1n) is 4.88. The predicted octanol–water partition coefficient (Wildman–Crippen LogP) is 1.55. The Balaban J connectivity index is 2.40. The van der Waals surface area contributed by atoms with Crippen LogP contribution in [0.3, 0.4) is 0 Å². The van der Waals surface area contributed by atoms with Gasteiger partial charge >= 0.3 is 0 Å². The fourth-order valence-corrected chi connectivity index (χ4v) is 1.43. The van der Waals surface area contributed by atoms with Gasteiger partial charge in [0.1, 0.15) is 0 Å². The van der Waals surface area contributed by atoms with E-state index in [2.05, 4.69) is 9.97 Å². The van der Waals surface area contributed by atoms with Crippen LogP contribution in [0.25, 0.3) is 11.6 Å². The highest BCUT2D eigenvalue weighted by atomic mass is 16.3. The lowest BCUT2D eigenvalue weighted by Gasteiger charge is -2.02. The number of hydrogen-bond acceptors (Lipinski definition) is 4. The van der Waals surface area contributed by atoms with Crippen molar-refractivity contribution in [1.29, 1.82) is 0 Å². The Morgan fingerprint density at radius 2 is 2.27 bits per heavy atom. The molecule has 0 saturated carbocycles. The standard InChI is InChI=1S/C11H13N3O/c1-8-7-9(4-5-12)14-11(13-8)10-3-2-6-15-10/h2-3,6-7H,4-5,12H2,1H3. The van der Waals surface area contributed by atoms with Gasteiger partial charge in [-0.05, 0) is 31.7 Å². The third-order valence-electron chi connectivity index (χ3n) is 2.05. The maximum atomic E-state index is 5.50. The zero-order chi connectivity index (χ0) is 10.7. The Morgan fingerprint density at radius 1 is 1.40 bits per heavy atom. The van der Waals surface area contributed by atoms with Crippen molar-refractivity contribution < 1.29 is 4.42 Å². The fourth-order valence-electron chi connectivity index (χ4n) is 1.43. The molecule has 4 heteroatoms. The molecular formula is C11H13N3O. The van der Waals surface area contributed by atoms with E-state index >= 15 is 0 Å². The molecule has 0 aliphatic rings. The molecule has 0 amide bonds. The number of furan rings is 1. The van der Waals surface area contributed by atoms with Gasteiger partial charge in [-0.2, -0.15) is 0 Å². The maximum absolute atomic E-state index is 5.50. The number of nitrogens with zero attached hydrogens (tertiary/aromatic N) is 2. The van der Waals surface area contributed by atoms with Gasteiger partial charge in [0, 0.05) is 17.8 Å². The smallest absolute Gasteiger partial charge is 0.196 e. The molecule has 0 radical (unpaired) electrons. The average Bonchev–Trinajstić information content (AvgIpc) is 2.70. The first-order chi connectivity index (χ1) is 7.29. The number of aromatic nitrogens is 2. The molecule has 0 atom stereocenters. The summed E-state index contributed by atoms with van der Waals surface area (Å²) in [7, 11) is 0. The summed E-state index contributed by atoms with van der Waals surface area (Å²) >= 11 is 0. The minimum Gasteiger partial charge on any atom is -0.461 e. The van der Waals surface area contributed by atoms with Crippen molar-refractivity contribution in [2.75, 3.05) is 6.54 Å². The van der Waals surface area contributed by atoms with Gasteiger partial charge in [-0.3, -0.25) is 0 Å². The SMILES string of the molecule is Cc1cc(CCN)nc(-c2ccco2)n1. The fraction of sp³-hybridized carbons (Fsp3) is 0.273. The van der Waals surface area contributed by atoms with Gasteiger partial charge in [-0.1, -0.05) is 0 Å². The maximum Gasteiger partial charge on any atom is 0.196 e. The second kappa shape index (κ2) is 4.23. The first-order valence-corrected chi connectivity index (χ1v) is 4.88. The van der Waals surface area contributed by atoms with E-state index in [0.717, 1.165) is 17.8 Å². The van der Waals surface area contributed by atoms with Gasteiger partial charge in [0.25, 0.3) is 0 Å². The van der Waals surface area contributed by atoms with Gasteiger partial charge < -0.3 is 10.2 Å². The Morgan fingerprint density at radius 3 is 2.93 bits per heavy atom. The Labute approximate surface area is 88.2 Å². The van der Waals surface area contributed by atoms with Crippen LogP contribution < -0.4 is 5.73 Å². The van der Waals surface area contributed by atoms with E-state index in [-0.39, 0.29) is 0 Å². The molecule has 4 nitrogen and oxygen atoms in total. The van der Waals surface area contributed by atoms with Crippen LogP contribution in [-0.2, 0) is 6.42 Å². The highest BCUT2D eigenvalue weighted by Gasteiger charge is 2.06. The quantitative estimate of drug-likeness (QED) is 0.821. The summed E-state index contributed by atoms with van der Waals surface area (Å²) in [5.74, 6) is 1.32. The summed E-state index contributed by atoms with van der Waals surface area (Å²) in [6.45, 7) is 2.53. The summed E-state index contributed by atoms with van der Waals surface area (Å²) in [5.41, 5.74) is 7.38. The van der Waals surface area contributed by atoms with Gasteiger partial charge in [0.15, 0.2) is 11.6 Å². The zero-order valence-corrected chi connectivity index (χ0v) is 8.60. The molecule has 0 saturated heterocycles. The molecule has 2 heterocycles. The molecule has 2 rings (SSSR count). The van der Waals surface area contributed by atoms with E-state index in [4.69, 9.17) is 10.2 Å². The molecular weight excluding hydrogens is 190 g/mol. The second-order valence-corrected chi connectivity index (χ2v) is 3.34. The highest BCUT2D eigenvalue weighted by molar-refractivity contribution is 5.46. The molecule has 0 aromatic carbocycles. The molecule has 15 heavy (non-hydrogen) atoms. The Kier molecular flexibility index (Phi) is 2.78. The van der Waals surface area contributed by atoms with Gasteiger partial charge in [-0.25, -0.2) is 9.97 Å². The van der Waals surface area contributed by atoms with Crippen LogP contribution in [0.15, 0.2) is 28.9 Å². The zero-order valence-electron chi connectivity index (χ0n) is 8.60. The summed E-state index contributed by atoms with van der Waals surface area (Å²) in [6, 6.07) is 5.62. The first kappa shape index (κ1) is 9.86. The molecule has 0 aliphatic carbocycles. The van der Waals surface area contributed by atoms with Crippen LogP contribution in [0.4, 0.5) is 0 Å². The number of hydrogen-bond donors (Lipinski definition) is 1. The summed E-state index contributed by atoms with van der Waals surface area (Å²) < 4.78 is 5.25. The minimum absolute atomic E-state index is 0.591. The van der Waals surface area contributed by atoms with Crippen molar-refractivity contribution >= 4 is 0 Å². The van der Waals surface area contributed by atoms with Crippen molar-refractivity contribution in [2.45, 2.75) is 13.3 Å². The topological polar surface area (TPSA) is 64.9 Å². The van der Waals surface area contributed by atoms with E-state index in [1.807, 2.05) is 25.1 Å². The van der Waals surface area contributed by atoms with Crippen LogP contribution >= 0.6 is 0 Å². The Bertz CT molecular complexity index is 437. The van der Waals surface area contributed by atoms with Crippen LogP contribution in [0.1, 0.15) is 11.4 Å². The highest BCUT2D eigenvalue weighted by Crippen LogP contribution is 2.16. The van der Waals surface area contributed by atoms with E-state index < -0.39 is 0 Å². The molecule has 0 unspecified atom stereocenters. The lowest BCUT2D eigenvalue weighted by molar-refractivity contribution is 0.576. The van der Waals surface area contributed by atoms with Crippen LogP contribution in [-0.4, -0.2) is 16.5 Å². The minimum atomic E-state index is 0.591. The summed E-state index contributed by atoms with van der Waals surface area (Å²) in [5, 5.41) is 0. The lowest BCUT2D eigenvalue weighted by atomic mass is 10.2. The van der Waals surface area contributed by atoms with Crippen molar-refractivity contribution in [2.24, 2.45) is 5.73 Å². The third kappa shape index (κ3) is 2.22. The van der Waals surface area contributed by atoms with Gasteiger partial charge in [0.2, 0.25) is 0 Å². The van der Waals surface area contributed by atoms with E-state index in [9.17, 15) is 0 Å². The van der Waals surface area contributed by atoms with Crippen molar-refractivity contribution in [3.63, 3.8) is 0 Å². The molecule has 0 bridgehead atoms. The lowest BCUT2D eigenvalue weighted by Crippen LogP contribution is -2.06. The average molecular weight is 203 g/mol. The normalized spacial score (nSPS) is 10.5. The second-order valence-electron chi connectivity index (χ2n) is 3.34.